The van der Waals surface area contributed by atoms with E-state index in [0.717, 1.165) is 60.4 Å². The number of aryl methyl sites for hydroxylation is 1. The summed E-state index contributed by atoms with van der Waals surface area (Å²) in [6, 6.07) is 0. The molecular formula is C19H29N4O2S+. The number of primary amides is 1. The second-order valence-electron chi connectivity index (χ2n) is 7.65. The lowest BCUT2D eigenvalue weighted by Gasteiger charge is -2.27. The summed E-state index contributed by atoms with van der Waals surface area (Å²) in [5.41, 5.74) is 6.55. The molecule has 7 heteroatoms. The van der Waals surface area contributed by atoms with Crippen LogP contribution < -0.4 is 16.2 Å². The standard InChI is InChI=1S/C19H28N4O2S/c1-4-11(2)9-14-12(3)26-19-16(14)18(25)21-15(22-19)10-23-7-5-13(6-8-23)17(20)24/h11,13H,4-10H2,1-3H3,(H2,20,24)(H,21,22,25)/p+1/t11-/m0/s1. The number of H-pyrrole nitrogens is 1. The molecule has 26 heavy (non-hydrogen) atoms. The minimum atomic E-state index is -0.195. The fraction of sp³-hybridized carbons (Fsp3) is 0.632. The van der Waals surface area contributed by atoms with E-state index in [1.165, 1.54) is 9.78 Å². The number of aromatic nitrogens is 2. The average molecular weight is 378 g/mol. The first kappa shape index (κ1) is 19.0. The minimum Gasteiger partial charge on any atom is -0.369 e. The van der Waals surface area contributed by atoms with Gasteiger partial charge in [-0.15, -0.1) is 11.3 Å². The van der Waals surface area contributed by atoms with E-state index in [1.54, 1.807) is 11.3 Å². The second kappa shape index (κ2) is 7.88. The number of quaternary nitrogens is 1. The summed E-state index contributed by atoms with van der Waals surface area (Å²) in [6.45, 7) is 8.95. The minimum absolute atomic E-state index is 0.00343. The van der Waals surface area contributed by atoms with Gasteiger partial charge in [0, 0.05) is 23.6 Å². The molecule has 0 bridgehead atoms. The highest BCUT2D eigenvalue weighted by molar-refractivity contribution is 7.18. The lowest BCUT2D eigenvalue weighted by molar-refractivity contribution is -0.920. The molecule has 1 aliphatic heterocycles. The number of fused-ring (bicyclic) bond motifs is 1. The smallest absolute Gasteiger partial charge is 0.260 e. The molecule has 3 rings (SSSR count). The van der Waals surface area contributed by atoms with E-state index in [2.05, 4.69) is 25.8 Å². The van der Waals surface area contributed by atoms with Crippen LogP contribution in [0, 0.1) is 18.8 Å². The zero-order chi connectivity index (χ0) is 18.8. The third kappa shape index (κ3) is 3.99. The lowest BCUT2D eigenvalue weighted by Crippen LogP contribution is -3.12. The Morgan fingerprint density at radius 2 is 2.12 bits per heavy atom. The van der Waals surface area contributed by atoms with Crippen molar-refractivity contribution in [2.24, 2.45) is 17.6 Å². The summed E-state index contributed by atoms with van der Waals surface area (Å²) in [7, 11) is 0. The van der Waals surface area contributed by atoms with Crippen molar-refractivity contribution in [3.63, 3.8) is 0 Å². The molecule has 3 heterocycles. The molecule has 0 spiro atoms. The van der Waals surface area contributed by atoms with Crippen LogP contribution in [0.1, 0.15) is 49.4 Å². The van der Waals surface area contributed by atoms with Gasteiger partial charge < -0.3 is 15.6 Å². The van der Waals surface area contributed by atoms with Crippen LogP contribution in [0.25, 0.3) is 10.2 Å². The molecule has 0 aliphatic carbocycles. The Morgan fingerprint density at radius 3 is 2.73 bits per heavy atom. The van der Waals surface area contributed by atoms with Crippen molar-refractivity contribution in [2.45, 2.75) is 53.0 Å². The third-order valence-corrected chi connectivity index (χ3v) is 6.72. The molecule has 0 aromatic carbocycles. The number of hydrogen-bond acceptors (Lipinski definition) is 4. The van der Waals surface area contributed by atoms with Crippen molar-refractivity contribution < 1.29 is 9.69 Å². The van der Waals surface area contributed by atoms with E-state index in [-0.39, 0.29) is 17.4 Å². The number of nitrogens with one attached hydrogen (secondary N) is 2. The van der Waals surface area contributed by atoms with Gasteiger partial charge in [0.2, 0.25) is 5.91 Å². The van der Waals surface area contributed by atoms with Crippen molar-refractivity contribution in [2.75, 3.05) is 13.1 Å². The quantitative estimate of drug-likeness (QED) is 0.705. The van der Waals surface area contributed by atoms with Crippen LogP contribution in [-0.4, -0.2) is 29.0 Å². The van der Waals surface area contributed by atoms with E-state index in [4.69, 9.17) is 10.7 Å². The molecule has 1 amide bonds. The van der Waals surface area contributed by atoms with Crippen LogP contribution in [0.15, 0.2) is 4.79 Å². The van der Waals surface area contributed by atoms with Crippen molar-refractivity contribution in [3.8, 4) is 0 Å². The van der Waals surface area contributed by atoms with Gasteiger partial charge in [0.05, 0.1) is 18.5 Å². The maximum Gasteiger partial charge on any atom is 0.260 e. The number of amides is 1. The van der Waals surface area contributed by atoms with Gasteiger partial charge in [-0.05, 0) is 24.8 Å². The zero-order valence-electron chi connectivity index (χ0n) is 15.9. The summed E-state index contributed by atoms with van der Waals surface area (Å²) >= 11 is 1.62. The largest absolute Gasteiger partial charge is 0.369 e. The van der Waals surface area contributed by atoms with Gasteiger partial charge in [0.1, 0.15) is 11.4 Å². The van der Waals surface area contributed by atoms with Gasteiger partial charge >= 0.3 is 0 Å². The topological polar surface area (TPSA) is 93.3 Å². The van der Waals surface area contributed by atoms with Crippen LogP contribution >= 0.6 is 11.3 Å². The number of rotatable bonds is 6. The molecule has 0 saturated carbocycles. The fourth-order valence-electron chi connectivity index (χ4n) is 3.77. The van der Waals surface area contributed by atoms with E-state index in [9.17, 15) is 9.59 Å². The van der Waals surface area contributed by atoms with E-state index >= 15 is 0 Å². The Hall–Kier alpha value is -1.73. The molecule has 4 N–H and O–H groups in total. The van der Waals surface area contributed by atoms with Crippen molar-refractivity contribution >= 4 is 27.5 Å². The summed E-state index contributed by atoms with van der Waals surface area (Å²) in [5, 5.41) is 0.777. The van der Waals surface area contributed by atoms with Gasteiger partial charge in [-0.3, -0.25) is 9.59 Å². The summed E-state index contributed by atoms with van der Waals surface area (Å²) in [6.07, 6.45) is 3.66. The highest BCUT2D eigenvalue weighted by Crippen LogP contribution is 2.29. The van der Waals surface area contributed by atoms with Crippen molar-refractivity contribution in [1.82, 2.24) is 9.97 Å². The molecule has 1 fully saturated rings. The highest BCUT2D eigenvalue weighted by atomic mass is 32.1. The Kier molecular flexibility index (Phi) is 5.77. The first-order valence-electron chi connectivity index (χ1n) is 9.53. The Bertz CT molecular complexity index is 849. The predicted octanol–water partition coefficient (Wildman–Crippen LogP) is 1.16. The number of likely N-dealkylation sites (tertiary alicyclic amines) is 1. The molecular weight excluding hydrogens is 348 g/mol. The number of nitrogens with two attached hydrogens (primary N) is 1. The summed E-state index contributed by atoms with van der Waals surface area (Å²) in [5.74, 6) is 1.10. The first-order chi connectivity index (χ1) is 12.4. The highest BCUT2D eigenvalue weighted by Gasteiger charge is 2.26. The number of carbonyl (C=O) groups excluding carboxylic acids is 1. The van der Waals surface area contributed by atoms with E-state index in [1.807, 2.05) is 0 Å². The SMILES string of the molecule is CC[C@H](C)Cc1c(C)sc2nc(C[NH+]3CCC(C(N)=O)CC3)[nH]c(=O)c12. The molecule has 0 unspecified atom stereocenters. The molecule has 142 valence electrons. The monoisotopic (exact) mass is 377 g/mol. The molecule has 1 atom stereocenters. The zero-order valence-corrected chi connectivity index (χ0v) is 16.7. The Balaban J connectivity index is 1.79. The van der Waals surface area contributed by atoms with Crippen LogP contribution in [0.2, 0.25) is 0 Å². The predicted molar refractivity (Wildman–Crippen MR) is 104 cm³/mol. The fourth-order valence-corrected chi connectivity index (χ4v) is 4.84. The van der Waals surface area contributed by atoms with Crippen molar-refractivity contribution in [3.05, 3.63) is 26.6 Å². The first-order valence-corrected chi connectivity index (χ1v) is 10.3. The van der Waals surface area contributed by atoms with E-state index < -0.39 is 0 Å². The van der Waals surface area contributed by atoms with Gasteiger partial charge in [0.25, 0.3) is 5.56 Å². The normalized spacial score (nSPS) is 21.8. The van der Waals surface area contributed by atoms with Crippen molar-refractivity contribution in [1.29, 1.82) is 0 Å². The number of carbonyl (C=O) groups is 1. The molecule has 6 nitrogen and oxygen atoms in total. The number of aromatic amines is 1. The van der Waals surface area contributed by atoms with E-state index in [0.29, 0.717) is 12.5 Å². The summed E-state index contributed by atoms with van der Waals surface area (Å²) in [4.78, 5) is 35.2. The number of hydrogen-bond donors (Lipinski definition) is 3. The number of nitrogens with zero attached hydrogens (tertiary/aromatic N) is 1. The van der Waals surface area contributed by atoms with Gasteiger partial charge in [-0.2, -0.15) is 0 Å². The second-order valence-corrected chi connectivity index (χ2v) is 8.85. The van der Waals surface area contributed by atoms with Crippen LogP contribution in [0.3, 0.4) is 0 Å². The average Bonchev–Trinajstić information content (AvgIpc) is 2.91. The Morgan fingerprint density at radius 1 is 1.42 bits per heavy atom. The number of thiophene rings is 1. The van der Waals surface area contributed by atoms with Gasteiger partial charge in [0.15, 0.2) is 5.82 Å². The molecule has 1 aliphatic rings. The maximum absolute atomic E-state index is 12.7. The van der Waals surface area contributed by atoms with Crippen LogP contribution in [0.4, 0.5) is 0 Å². The molecule has 2 aromatic rings. The van der Waals surface area contributed by atoms with Gasteiger partial charge in [-0.1, -0.05) is 20.3 Å². The summed E-state index contributed by atoms with van der Waals surface area (Å²) < 4.78 is 0. The van der Waals surface area contributed by atoms with Gasteiger partial charge in [-0.25, -0.2) is 4.98 Å². The molecule has 1 saturated heterocycles. The third-order valence-electron chi connectivity index (χ3n) is 5.67. The molecule has 0 radical (unpaired) electrons. The van der Waals surface area contributed by atoms with Crippen LogP contribution in [0.5, 0.6) is 0 Å². The molecule has 2 aromatic heterocycles. The number of piperidine rings is 1. The Labute approximate surface area is 157 Å². The lowest BCUT2D eigenvalue weighted by atomic mass is 9.96. The maximum atomic E-state index is 12.7. The van der Waals surface area contributed by atoms with Crippen LogP contribution in [-0.2, 0) is 17.8 Å².